The van der Waals surface area contributed by atoms with E-state index in [1.54, 1.807) is 6.20 Å². The molecule has 0 saturated heterocycles. The molecule has 5 nitrogen and oxygen atoms in total. The molecule has 0 aliphatic carbocycles. The van der Waals surface area contributed by atoms with Gasteiger partial charge in [0.25, 0.3) is 0 Å². The molecule has 2 heterocycles. The van der Waals surface area contributed by atoms with Gasteiger partial charge in [-0.25, -0.2) is 0 Å². The number of nitrogens with zero attached hydrogens (tertiary/aromatic N) is 2. The molecule has 18 heavy (non-hydrogen) atoms. The molecule has 0 aliphatic heterocycles. The van der Waals surface area contributed by atoms with Crippen molar-refractivity contribution >= 4 is 11.7 Å². The molecular formula is C13H16N4O. The fourth-order valence-corrected chi connectivity index (χ4v) is 1.68. The van der Waals surface area contributed by atoms with Crippen molar-refractivity contribution in [2.45, 2.75) is 26.2 Å². The Balaban J connectivity index is 1.90. The lowest BCUT2D eigenvalue weighted by molar-refractivity contribution is -0.115. The molecule has 0 aromatic carbocycles. The molecule has 0 unspecified atom stereocenters. The molecule has 0 bridgehead atoms. The summed E-state index contributed by atoms with van der Waals surface area (Å²) in [6.45, 7) is 2.10. The number of aromatic amines is 1. The fraction of sp³-hybridized carbons (Fsp3) is 0.308. The Kier molecular flexibility index (Phi) is 4.06. The monoisotopic (exact) mass is 244 g/mol. The molecule has 2 rings (SSSR count). The second-order valence-electron chi connectivity index (χ2n) is 4.07. The Labute approximate surface area is 106 Å². The summed E-state index contributed by atoms with van der Waals surface area (Å²) in [5.41, 5.74) is 1.78. The van der Waals surface area contributed by atoms with Gasteiger partial charge >= 0.3 is 0 Å². The van der Waals surface area contributed by atoms with Gasteiger partial charge in [0, 0.05) is 23.7 Å². The molecular weight excluding hydrogens is 228 g/mol. The Hall–Kier alpha value is -2.17. The van der Waals surface area contributed by atoms with Crippen LogP contribution in [0.1, 0.15) is 24.7 Å². The predicted molar refractivity (Wildman–Crippen MR) is 69.2 cm³/mol. The Morgan fingerprint density at radius 1 is 1.44 bits per heavy atom. The maximum absolute atomic E-state index is 11.7. The van der Waals surface area contributed by atoms with Crippen LogP contribution >= 0.6 is 0 Å². The summed E-state index contributed by atoms with van der Waals surface area (Å²) in [4.78, 5) is 15.8. The molecule has 94 valence electrons. The van der Waals surface area contributed by atoms with Crippen molar-refractivity contribution in [2.75, 3.05) is 5.32 Å². The molecule has 0 atom stereocenters. The van der Waals surface area contributed by atoms with Gasteiger partial charge in [-0.05, 0) is 18.6 Å². The lowest BCUT2D eigenvalue weighted by Crippen LogP contribution is -2.15. The number of rotatable bonds is 5. The van der Waals surface area contributed by atoms with E-state index in [1.165, 1.54) is 0 Å². The first-order valence-electron chi connectivity index (χ1n) is 6.02. The largest absolute Gasteiger partial charge is 0.309 e. The summed E-state index contributed by atoms with van der Waals surface area (Å²) in [5.74, 6) is 0.461. The highest BCUT2D eigenvalue weighted by Crippen LogP contribution is 2.07. The first-order chi connectivity index (χ1) is 8.78. The molecule has 1 amide bonds. The van der Waals surface area contributed by atoms with Gasteiger partial charge in [-0.3, -0.25) is 14.9 Å². The van der Waals surface area contributed by atoms with Crippen LogP contribution in [0.2, 0.25) is 0 Å². The van der Waals surface area contributed by atoms with E-state index in [9.17, 15) is 4.79 Å². The molecule has 0 fully saturated rings. The summed E-state index contributed by atoms with van der Waals surface area (Å²) < 4.78 is 0. The number of amides is 1. The van der Waals surface area contributed by atoms with E-state index in [-0.39, 0.29) is 12.3 Å². The van der Waals surface area contributed by atoms with E-state index >= 15 is 0 Å². The third-order valence-corrected chi connectivity index (χ3v) is 2.49. The van der Waals surface area contributed by atoms with Crippen LogP contribution in [0.25, 0.3) is 0 Å². The maximum Gasteiger partial charge on any atom is 0.231 e. The van der Waals surface area contributed by atoms with Crippen LogP contribution in [-0.2, 0) is 17.6 Å². The summed E-state index contributed by atoms with van der Waals surface area (Å²) in [6, 6.07) is 7.38. The highest BCUT2D eigenvalue weighted by molar-refractivity contribution is 5.91. The van der Waals surface area contributed by atoms with Crippen LogP contribution < -0.4 is 5.32 Å². The number of carbonyl (C=O) groups is 1. The molecule has 2 N–H and O–H groups in total. The zero-order chi connectivity index (χ0) is 12.8. The van der Waals surface area contributed by atoms with Crippen molar-refractivity contribution in [1.82, 2.24) is 15.2 Å². The molecule has 2 aromatic rings. The third-order valence-electron chi connectivity index (χ3n) is 2.49. The standard InChI is InChI=1S/C13H16N4O/c1-2-5-11-8-12(17-16-11)15-13(18)9-10-6-3-4-7-14-10/h3-4,6-8H,2,5,9H2,1H3,(H2,15,16,17,18). The smallest absolute Gasteiger partial charge is 0.231 e. The summed E-state index contributed by atoms with van der Waals surface area (Å²) >= 11 is 0. The van der Waals surface area contributed by atoms with Crippen LogP contribution in [0, 0.1) is 0 Å². The van der Waals surface area contributed by atoms with Crippen LogP contribution in [0.5, 0.6) is 0 Å². The molecule has 0 radical (unpaired) electrons. The summed E-state index contributed by atoms with van der Waals surface area (Å²) in [5, 5.41) is 9.68. The van der Waals surface area contributed by atoms with E-state index in [0.717, 1.165) is 24.2 Å². The van der Waals surface area contributed by atoms with E-state index in [1.807, 2.05) is 24.3 Å². The van der Waals surface area contributed by atoms with Crippen molar-refractivity contribution in [3.8, 4) is 0 Å². The SMILES string of the molecule is CCCc1cc(NC(=O)Cc2ccccn2)n[nH]1. The van der Waals surface area contributed by atoms with Crippen molar-refractivity contribution in [3.63, 3.8) is 0 Å². The number of pyridine rings is 1. The zero-order valence-electron chi connectivity index (χ0n) is 10.3. The zero-order valence-corrected chi connectivity index (χ0v) is 10.3. The van der Waals surface area contributed by atoms with E-state index < -0.39 is 0 Å². The van der Waals surface area contributed by atoms with Gasteiger partial charge < -0.3 is 5.32 Å². The average Bonchev–Trinajstić information content (AvgIpc) is 2.78. The van der Waals surface area contributed by atoms with Crippen LogP contribution in [0.4, 0.5) is 5.82 Å². The Bertz CT molecular complexity index is 507. The number of aromatic nitrogens is 3. The van der Waals surface area contributed by atoms with E-state index in [2.05, 4.69) is 27.4 Å². The van der Waals surface area contributed by atoms with Gasteiger partial charge in [0.1, 0.15) is 0 Å². The third kappa shape index (κ3) is 3.41. The van der Waals surface area contributed by atoms with Gasteiger partial charge in [0.15, 0.2) is 5.82 Å². The molecule has 0 spiro atoms. The van der Waals surface area contributed by atoms with Crippen LogP contribution in [-0.4, -0.2) is 21.1 Å². The maximum atomic E-state index is 11.7. The number of carbonyl (C=O) groups excluding carboxylic acids is 1. The number of anilines is 1. The number of hydrogen-bond donors (Lipinski definition) is 2. The minimum Gasteiger partial charge on any atom is -0.309 e. The van der Waals surface area contributed by atoms with Crippen LogP contribution in [0.15, 0.2) is 30.5 Å². The number of hydrogen-bond acceptors (Lipinski definition) is 3. The highest BCUT2D eigenvalue weighted by atomic mass is 16.1. The topological polar surface area (TPSA) is 70.7 Å². The minimum atomic E-state index is -0.108. The molecule has 0 saturated carbocycles. The molecule has 2 aromatic heterocycles. The van der Waals surface area contributed by atoms with Crippen molar-refractivity contribution in [3.05, 3.63) is 41.9 Å². The van der Waals surface area contributed by atoms with Gasteiger partial charge in [-0.1, -0.05) is 19.4 Å². The molecule has 0 aliphatic rings. The van der Waals surface area contributed by atoms with Gasteiger partial charge in [-0.2, -0.15) is 5.10 Å². The van der Waals surface area contributed by atoms with Crippen molar-refractivity contribution in [2.24, 2.45) is 0 Å². The number of aryl methyl sites for hydroxylation is 1. The second kappa shape index (κ2) is 5.95. The van der Waals surface area contributed by atoms with E-state index in [4.69, 9.17) is 0 Å². The number of nitrogens with one attached hydrogen (secondary N) is 2. The Morgan fingerprint density at radius 2 is 2.33 bits per heavy atom. The van der Waals surface area contributed by atoms with Gasteiger partial charge in [0.05, 0.1) is 6.42 Å². The summed E-state index contributed by atoms with van der Waals surface area (Å²) in [7, 11) is 0. The van der Waals surface area contributed by atoms with Gasteiger partial charge in [0.2, 0.25) is 5.91 Å². The number of H-pyrrole nitrogens is 1. The minimum absolute atomic E-state index is 0.108. The fourth-order valence-electron chi connectivity index (χ4n) is 1.68. The lowest BCUT2D eigenvalue weighted by atomic mass is 10.2. The predicted octanol–water partition coefficient (Wildman–Crippen LogP) is 1.94. The lowest BCUT2D eigenvalue weighted by Gasteiger charge is -2.00. The van der Waals surface area contributed by atoms with E-state index in [0.29, 0.717) is 5.82 Å². The normalized spacial score (nSPS) is 10.3. The van der Waals surface area contributed by atoms with Crippen molar-refractivity contribution in [1.29, 1.82) is 0 Å². The van der Waals surface area contributed by atoms with Gasteiger partial charge in [-0.15, -0.1) is 0 Å². The quantitative estimate of drug-likeness (QED) is 0.844. The second-order valence-corrected chi connectivity index (χ2v) is 4.07. The molecule has 5 heteroatoms. The first kappa shape index (κ1) is 12.3. The average molecular weight is 244 g/mol. The first-order valence-corrected chi connectivity index (χ1v) is 6.02. The van der Waals surface area contributed by atoms with Crippen molar-refractivity contribution < 1.29 is 4.79 Å². The highest BCUT2D eigenvalue weighted by Gasteiger charge is 2.07. The summed E-state index contributed by atoms with van der Waals surface area (Å²) in [6.07, 6.45) is 3.92. The Morgan fingerprint density at radius 3 is 3.06 bits per heavy atom. The van der Waals surface area contributed by atoms with Crippen LogP contribution in [0.3, 0.4) is 0 Å².